The van der Waals surface area contributed by atoms with Crippen molar-refractivity contribution in [2.24, 2.45) is 5.92 Å². The van der Waals surface area contributed by atoms with Gasteiger partial charge in [-0.3, -0.25) is 24.1 Å². The van der Waals surface area contributed by atoms with Crippen LogP contribution in [0.4, 0.5) is 25.8 Å². The Bertz CT molecular complexity index is 1880. The first-order valence-electron chi connectivity index (χ1n) is 19.1. The van der Waals surface area contributed by atoms with E-state index in [-0.39, 0.29) is 29.5 Å². The van der Waals surface area contributed by atoms with Gasteiger partial charge in [0.2, 0.25) is 0 Å². The van der Waals surface area contributed by atoms with Crippen molar-refractivity contribution < 1.29 is 32.7 Å². The van der Waals surface area contributed by atoms with Gasteiger partial charge in [-0.2, -0.15) is 11.8 Å². The summed E-state index contributed by atoms with van der Waals surface area (Å²) < 4.78 is 35.6. The third kappa shape index (κ3) is 9.56. The minimum absolute atomic E-state index is 0.0361. The number of piperazine rings is 1. The van der Waals surface area contributed by atoms with Crippen LogP contribution in [0.1, 0.15) is 44.3 Å². The van der Waals surface area contributed by atoms with Gasteiger partial charge in [0.05, 0.1) is 17.0 Å². The van der Waals surface area contributed by atoms with E-state index < -0.39 is 35.0 Å². The second kappa shape index (κ2) is 18.1. The smallest absolute Gasteiger partial charge is 0.321 e. The summed E-state index contributed by atoms with van der Waals surface area (Å²) in [7, 11) is 0. The molecule has 0 bridgehead atoms. The molecular weight excluding hydrogens is 735 g/mol. The maximum absolute atomic E-state index is 15.1. The van der Waals surface area contributed by atoms with Crippen LogP contribution in [0.5, 0.6) is 0 Å². The van der Waals surface area contributed by atoms with Gasteiger partial charge in [-0.25, -0.2) is 13.8 Å². The molecule has 55 heavy (non-hydrogen) atoms. The molecule has 1 aromatic heterocycles. The highest BCUT2D eigenvalue weighted by Gasteiger charge is 2.36. The minimum Gasteiger partial charge on any atom is -0.382 e. The first-order valence-corrected chi connectivity index (χ1v) is 20.2. The van der Waals surface area contributed by atoms with Crippen LogP contribution in [0.2, 0.25) is 0 Å². The van der Waals surface area contributed by atoms with Crippen LogP contribution in [0, 0.1) is 17.6 Å². The molecule has 5 heterocycles. The Kier molecular flexibility index (Phi) is 12.8. The predicted octanol–water partition coefficient (Wildman–Crippen LogP) is 3.58. The molecule has 4 aliphatic rings. The molecule has 4 fully saturated rings. The zero-order chi connectivity index (χ0) is 38.3. The van der Waals surface area contributed by atoms with Gasteiger partial charge < -0.3 is 35.0 Å². The number of hydrogen-bond donors (Lipinski definition) is 3. The van der Waals surface area contributed by atoms with Gasteiger partial charge in [0.1, 0.15) is 17.3 Å². The van der Waals surface area contributed by atoms with E-state index in [2.05, 4.69) is 40.1 Å². The number of hydroxylamine groups is 2. The van der Waals surface area contributed by atoms with Crippen molar-refractivity contribution in [3.8, 4) is 0 Å². The van der Waals surface area contributed by atoms with E-state index in [0.29, 0.717) is 40.8 Å². The molecule has 0 aliphatic carbocycles. The highest BCUT2D eigenvalue weighted by atomic mass is 32.2. The van der Waals surface area contributed by atoms with E-state index in [4.69, 9.17) is 4.74 Å². The van der Waals surface area contributed by atoms with Crippen molar-refractivity contribution >= 4 is 58.0 Å². The molecule has 3 N–H and O–H groups in total. The number of fused-ring (bicyclic) bond motifs is 1. The molecule has 2 amide bonds. The number of piperidine rings is 2. The number of nitrogens with zero attached hydrogens (tertiary/aromatic N) is 5. The lowest BCUT2D eigenvalue weighted by Crippen LogP contribution is -2.50. The maximum Gasteiger partial charge on any atom is 0.321 e. The molecule has 0 saturated carbocycles. The van der Waals surface area contributed by atoms with Gasteiger partial charge in [0, 0.05) is 82.1 Å². The van der Waals surface area contributed by atoms with Crippen molar-refractivity contribution in [1.82, 2.24) is 24.8 Å². The van der Waals surface area contributed by atoms with Crippen molar-refractivity contribution in [2.45, 2.75) is 55.6 Å². The number of halogens is 2. The largest absolute Gasteiger partial charge is 0.382 e. The number of H-pyrrole nitrogens is 1. The average molecular weight is 783 g/mol. The molecule has 0 spiro atoms. The summed E-state index contributed by atoms with van der Waals surface area (Å²) >= 11 is 1.69. The number of nitrogens with one attached hydrogen (secondary N) is 3. The van der Waals surface area contributed by atoms with E-state index in [9.17, 15) is 19.2 Å². The van der Waals surface area contributed by atoms with Crippen LogP contribution >= 0.6 is 11.8 Å². The number of amides is 2. The molecule has 4 aliphatic heterocycles. The highest BCUT2D eigenvalue weighted by Crippen LogP contribution is 2.28. The maximum atomic E-state index is 15.1. The predicted molar refractivity (Wildman–Crippen MR) is 206 cm³/mol. The topological polar surface area (TPSA) is 152 Å². The minimum atomic E-state index is -1.17. The van der Waals surface area contributed by atoms with E-state index in [1.54, 1.807) is 11.8 Å². The molecule has 7 rings (SSSR count). The van der Waals surface area contributed by atoms with Crippen LogP contribution < -0.4 is 21.1 Å². The lowest BCUT2D eigenvalue weighted by atomic mass is 9.96. The number of aromatic amines is 1. The first-order chi connectivity index (χ1) is 26.7. The second-order valence-corrected chi connectivity index (χ2v) is 15.9. The Morgan fingerprint density at radius 2 is 1.64 bits per heavy atom. The Morgan fingerprint density at radius 1 is 0.927 bits per heavy atom. The van der Waals surface area contributed by atoms with Crippen LogP contribution in [0.25, 0.3) is 10.9 Å². The highest BCUT2D eigenvalue weighted by molar-refractivity contribution is 7.99. The van der Waals surface area contributed by atoms with Crippen LogP contribution in [-0.2, 0) is 29.7 Å². The number of carbonyl (C=O) groups is 3. The normalized spacial score (nSPS) is 20.9. The van der Waals surface area contributed by atoms with Crippen LogP contribution in [0.15, 0.2) is 35.1 Å². The second-order valence-electron chi connectivity index (χ2n) is 14.6. The Morgan fingerprint density at radius 3 is 2.35 bits per heavy atom. The molecule has 14 nitrogen and oxygen atoms in total. The SMILES string of the molecule is O=CON1C(=O)CCC(Nc2ccc(N3CCN(CCN4CCC(CNc5cc6nc(CSC7CCOCC7)[nH]c(=O)c6c(F)c5F)CC4)CC3)cc2)C1=O. The van der Waals surface area contributed by atoms with Crippen molar-refractivity contribution in [3.63, 3.8) is 0 Å². The Labute approximate surface area is 322 Å². The summed E-state index contributed by atoms with van der Waals surface area (Å²) in [6.45, 7) is 9.55. The molecule has 4 saturated heterocycles. The number of benzene rings is 2. The zero-order valence-corrected chi connectivity index (χ0v) is 31.6. The number of hydrogen-bond acceptors (Lipinski definition) is 13. The third-order valence-corrected chi connectivity index (χ3v) is 12.4. The Hall–Kier alpha value is -4.32. The van der Waals surface area contributed by atoms with Crippen molar-refractivity contribution in [3.05, 3.63) is 58.1 Å². The first kappa shape index (κ1) is 38.9. The number of thioether (sulfide) groups is 1. The van der Waals surface area contributed by atoms with Gasteiger partial charge in [0.15, 0.2) is 11.6 Å². The quantitative estimate of drug-likeness (QED) is 0.162. The summed E-state index contributed by atoms with van der Waals surface area (Å²) in [5, 5.41) is 6.86. The van der Waals surface area contributed by atoms with Crippen LogP contribution in [0.3, 0.4) is 0 Å². The molecular formula is C38H48F2N8O6S. The van der Waals surface area contributed by atoms with E-state index >= 15 is 8.78 Å². The lowest BCUT2D eigenvalue weighted by molar-refractivity contribution is -0.197. The monoisotopic (exact) mass is 782 g/mol. The van der Waals surface area contributed by atoms with Gasteiger partial charge >= 0.3 is 6.47 Å². The summed E-state index contributed by atoms with van der Waals surface area (Å²) in [6, 6.07) is 8.66. The number of anilines is 3. The molecule has 17 heteroatoms. The molecule has 296 valence electrons. The zero-order valence-electron chi connectivity index (χ0n) is 30.8. The van der Waals surface area contributed by atoms with Crippen LogP contribution in [-0.4, -0.2) is 127 Å². The third-order valence-electron chi connectivity index (χ3n) is 11.0. The number of aromatic nitrogens is 2. The molecule has 3 aromatic rings. The number of ether oxygens (including phenoxy) is 1. The van der Waals surface area contributed by atoms with Gasteiger partial charge in [-0.15, -0.1) is 5.06 Å². The number of carbonyl (C=O) groups excluding carboxylic acids is 3. The fourth-order valence-electron chi connectivity index (χ4n) is 7.72. The summed E-state index contributed by atoms with van der Waals surface area (Å²) in [4.78, 5) is 66.8. The molecule has 0 radical (unpaired) electrons. The van der Waals surface area contributed by atoms with E-state index in [1.165, 1.54) is 6.07 Å². The average Bonchev–Trinajstić information content (AvgIpc) is 3.21. The van der Waals surface area contributed by atoms with Crippen molar-refractivity contribution in [1.29, 1.82) is 0 Å². The molecule has 1 unspecified atom stereocenters. The van der Waals surface area contributed by atoms with E-state index in [0.717, 1.165) is 103 Å². The fourth-order valence-corrected chi connectivity index (χ4v) is 8.77. The molecule has 2 aromatic carbocycles. The number of likely N-dealkylation sites (tertiary alicyclic amines) is 1. The number of imide groups is 1. The summed E-state index contributed by atoms with van der Waals surface area (Å²) in [5.41, 5.74) is 1.37. The Balaban J connectivity index is 0.821. The molecule has 1 atom stereocenters. The van der Waals surface area contributed by atoms with Gasteiger partial charge in [0.25, 0.3) is 17.4 Å². The number of rotatable bonds is 14. The van der Waals surface area contributed by atoms with E-state index in [1.807, 2.05) is 24.3 Å². The van der Waals surface area contributed by atoms with Gasteiger partial charge in [-0.05, 0) is 81.4 Å². The summed E-state index contributed by atoms with van der Waals surface area (Å²) in [6.07, 6.45) is 4.21. The van der Waals surface area contributed by atoms with Crippen molar-refractivity contribution in [2.75, 3.05) is 87.7 Å². The fraction of sp³-hybridized carbons (Fsp3) is 0.553. The van der Waals surface area contributed by atoms with Gasteiger partial charge in [-0.1, -0.05) is 0 Å². The standard InChI is InChI=1S/C38H48F2N8O6S/c39-35-31(21-30-34(36(35)40)37(51)44-32(43-30)23-55-28-9-19-53-20-10-28)41-22-25-7-11-45(12-8-25)13-14-46-15-17-47(18-16-46)27-3-1-26(2-4-27)42-29-5-6-33(50)48(38(29)52)54-24-49/h1-4,21,24-25,28-29,41-42H,5-20,22-23H2,(H,43,44,51). The summed E-state index contributed by atoms with van der Waals surface area (Å²) in [5.74, 6) is -2.08. The lowest BCUT2D eigenvalue weighted by Gasteiger charge is -2.38.